The summed E-state index contributed by atoms with van der Waals surface area (Å²) in [6, 6.07) is 6.70. The third-order valence-electron chi connectivity index (χ3n) is 3.95. The molecule has 0 unspecified atom stereocenters. The van der Waals surface area contributed by atoms with Crippen molar-refractivity contribution in [2.24, 2.45) is 5.92 Å². The average Bonchev–Trinajstić information content (AvgIpc) is 2.93. The summed E-state index contributed by atoms with van der Waals surface area (Å²) in [6.45, 7) is 0.594. The van der Waals surface area contributed by atoms with Crippen LogP contribution in [0.5, 0.6) is 0 Å². The van der Waals surface area contributed by atoms with Gasteiger partial charge in [-0.3, -0.25) is 0 Å². The van der Waals surface area contributed by atoms with Crippen molar-refractivity contribution in [1.82, 2.24) is 4.72 Å². The van der Waals surface area contributed by atoms with E-state index in [1.54, 1.807) is 24.3 Å². The Kier molecular flexibility index (Phi) is 5.57. The summed E-state index contributed by atoms with van der Waals surface area (Å²) in [7, 11) is -3.40. The molecule has 0 aromatic heterocycles. The second-order valence-corrected chi connectivity index (χ2v) is 7.22. The summed E-state index contributed by atoms with van der Waals surface area (Å²) >= 11 is 0. The Morgan fingerprint density at radius 3 is 2.40 bits per heavy atom. The number of nitrogens with one attached hydrogen (secondary N) is 1. The van der Waals surface area contributed by atoms with Gasteiger partial charge in [-0.2, -0.15) is 0 Å². The van der Waals surface area contributed by atoms with E-state index < -0.39 is 10.0 Å². The van der Waals surface area contributed by atoms with Gasteiger partial charge in [0.1, 0.15) is 0 Å². The van der Waals surface area contributed by atoms with Crippen LogP contribution in [-0.4, -0.2) is 26.7 Å². The minimum atomic E-state index is -3.40. The molecule has 5 heteroatoms. The molecule has 20 heavy (non-hydrogen) atoms. The lowest BCUT2D eigenvalue weighted by atomic mass is 10.1. The van der Waals surface area contributed by atoms with Crippen LogP contribution in [0.25, 0.3) is 0 Å². The second-order valence-electron chi connectivity index (χ2n) is 5.45. The molecule has 1 aromatic rings. The Morgan fingerprint density at radius 2 is 1.80 bits per heavy atom. The summed E-state index contributed by atoms with van der Waals surface area (Å²) in [4.78, 5) is 0.297. The number of aliphatic hydroxyl groups is 1. The van der Waals surface area contributed by atoms with Gasteiger partial charge in [0.2, 0.25) is 10.0 Å². The van der Waals surface area contributed by atoms with Gasteiger partial charge in [0.25, 0.3) is 0 Å². The first-order chi connectivity index (χ1) is 9.62. The predicted octanol–water partition coefficient (Wildman–Crippen LogP) is 2.08. The van der Waals surface area contributed by atoms with Crippen LogP contribution in [0.3, 0.4) is 0 Å². The lowest BCUT2D eigenvalue weighted by molar-refractivity contribution is 0.299. The SMILES string of the molecule is O=S(=O)(NCCC1CCCC1)c1ccc(CCO)cc1. The lowest BCUT2D eigenvalue weighted by Crippen LogP contribution is -2.25. The van der Waals surface area contributed by atoms with E-state index in [9.17, 15) is 8.42 Å². The van der Waals surface area contributed by atoms with Crippen molar-refractivity contribution in [2.45, 2.75) is 43.4 Å². The van der Waals surface area contributed by atoms with Crippen LogP contribution >= 0.6 is 0 Å². The van der Waals surface area contributed by atoms with Crippen molar-refractivity contribution in [2.75, 3.05) is 13.2 Å². The van der Waals surface area contributed by atoms with Crippen LogP contribution in [0.4, 0.5) is 0 Å². The molecule has 0 aliphatic heterocycles. The van der Waals surface area contributed by atoms with E-state index in [4.69, 9.17) is 5.11 Å². The van der Waals surface area contributed by atoms with Crippen molar-refractivity contribution in [3.8, 4) is 0 Å². The summed E-state index contributed by atoms with van der Waals surface area (Å²) in [5.41, 5.74) is 0.942. The highest BCUT2D eigenvalue weighted by Crippen LogP contribution is 2.27. The normalized spacial score (nSPS) is 16.6. The first-order valence-electron chi connectivity index (χ1n) is 7.31. The molecular formula is C15H23NO3S. The molecule has 0 saturated heterocycles. The summed E-state index contributed by atoms with van der Waals surface area (Å²) < 4.78 is 26.9. The van der Waals surface area contributed by atoms with Gasteiger partial charge in [-0.25, -0.2) is 13.1 Å². The molecule has 0 spiro atoms. The molecule has 1 saturated carbocycles. The third kappa shape index (κ3) is 4.30. The van der Waals surface area contributed by atoms with Crippen molar-refractivity contribution < 1.29 is 13.5 Å². The number of aliphatic hydroxyl groups excluding tert-OH is 1. The van der Waals surface area contributed by atoms with E-state index in [0.29, 0.717) is 23.8 Å². The quantitative estimate of drug-likeness (QED) is 0.810. The van der Waals surface area contributed by atoms with Crippen molar-refractivity contribution in [3.63, 3.8) is 0 Å². The minimum absolute atomic E-state index is 0.0751. The fourth-order valence-electron chi connectivity index (χ4n) is 2.74. The molecule has 2 N–H and O–H groups in total. The summed E-state index contributed by atoms with van der Waals surface area (Å²) in [6.07, 6.45) is 6.51. The molecule has 112 valence electrons. The van der Waals surface area contributed by atoms with Gasteiger partial charge in [0, 0.05) is 13.2 Å². The maximum atomic E-state index is 12.1. The summed E-state index contributed by atoms with van der Waals surface area (Å²) in [5, 5.41) is 8.84. The first kappa shape index (κ1) is 15.5. The molecule has 1 fully saturated rings. The Bertz CT molecular complexity index is 504. The third-order valence-corrected chi connectivity index (χ3v) is 5.43. The van der Waals surface area contributed by atoms with Crippen LogP contribution < -0.4 is 4.72 Å². The molecule has 0 amide bonds. The highest BCUT2D eigenvalue weighted by atomic mass is 32.2. The highest BCUT2D eigenvalue weighted by Gasteiger charge is 2.17. The molecule has 0 radical (unpaired) electrons. The number of sulfonamides is 1. The van der Waals surface area contributed by atoms with Crippen LogP contribution in [0, 0.1) is 5.92 Å². The maximum Gasteiger partial charge on any atom is 0.240 e. The van der Waals surface area contributed by atoms with Crippen LogP contribution in [0.15, 0.2) is 29.2 Å². The van der Waals surface area contributed by atoms with Crippen LogP contribution in [0.2, 0.25) is 0 Å². The van der Waals surface area contributed by atoms with E-state index in [-0.39, 0.29) is 6.61 Å². The van der Waals surface area contributed by atoms with Gasteiger partial charge in [-0.05, 0) is 36.5 Å². The summed E-state index contributed by atoms with van der Waals surface area (Å²) in [5.74, 6) is 0.685. The Hall–Kier alpha value is -0.910. The van der Waals surface area contributed by atoms with E-state index >= 15 is 0 Å². The Labute approximate surface area is 121 Å². The maximum absolute atomic E-state index is 12.1. The molecular weight excluding hydrogens is 274 g/mol. The largest absolute Gasteiger partial charge is 0.396 e. The molecule has 1 aromatic carbocycles. The molecule has 0 atom stereocenters. The topological polar surface area (TPSA) is 66.4 Å². The Balaban J connectivity index is 1.88. The van der Waals surface area contributed by atoms with E-state index in [0.717, 1.165) is 12.0 Å². The van der Waals surface area contributed by atoms with Gasteiger partial charge in [-0.1, -0.05) is 37.8 Å². The zero-order valence-electron chi connectivity index (χ0n) is 11.7. The standard InChI is InChI=1S/C15H23NO3S/c17-12-10-14-5-7-15(8-6-14)20(18,19)16-11-9-13-3-1-2-4-13/h5-8,13,16-17H,1-4,9-12H2. The zero-order chi connectivity index (χ0) is 14.4. The number of benzene rings is 1. The van der Waals surface area contributed by atoms with Gasteiger partial charge < -0.3 is 5.11 Å². The predicted molar refractivity (Wildman–Crippen MR) is 79.0 cm³/mol. The smallest absolute Gasteiger partial charge is 0.240 e. The number of hydrogen-bond acceptors (Lipinski definition) is 3. The van der Waals surface area contributed by atoms with Crippen molar-refractivity contribution in [1.29, 1.82) is 0 Å². The molecule has 1 aliphatic carbocycles. The first-order valence-corrected chi connectivity index (χ1v) is 8.79. The fourth-order valence-corrected chi connectivity index (χ4v) is 3.79. The highest BCUT2D eigenvalue weighted by molar-refractivity contribution is 7.89. The van der Waals surface area contributed by atoms with Crippen molar-refractivity contribution in [3.05, 3.63) is 29.8 Å². The molecule has 0 bridgehead atoms. The fraction of sp³-hybridized carbons (Fsp3) is 0.600. The number of hydrogen-bond donors (Lipinski definition) is 2. The average molecular weight is 297 g/mol. The van der Waals surface area contributed by atoms with Crippen LogP contribution in [0.1, 0.15) is 37.7 Å². The molecule has 4 nitrogen and oxygen atoms in total. The van der Waals surface area contributed by atoms with Gasteiger partial charge >= 0.3 is 0 Å². The monoisotopic (exact) mass is 297 g/mol. The van der Waals surface area contributed by atoms with E-state index in [1.165, 1.54) is 25.7 Å². The van der Waals surface area contributed by atoms with Gasteiger partial charge in [0.15, 0.2) is 0 Å². The molecule has 1 aliphatic rings. The zero-order valence-corrected chi connectivity index (χ0v) is 12.5. The van der Waals surface area contributed by atoms with Gasteiger partial charge in [-0.15, -0.1) is 0 Å². The second kappa shape index (κ2) is 7.20. The van der Waals surface area contributed by atoms with Gasteiger partial charge in [0.05, 0.1) is 4.90 Å². The lowest BCUT2D eigenvalue weighted by Gasteiger charge is -2.10. The molecule has 2 rings (SSSR count). The Morgan fingerprint density at radius 1 is 1.15 bits per heavy atom. The molecule has 0 heterocycles. The van der Waals surface area contributed by atoms with E-state index in [2.05, 4.69) is 4.72 Å². The van der Waals surface area contributed by atoms with Crippen molar-refractivity contribution >= 4 is 10.0 Å². The minimum Gasteiger partial charge on any atom is -0.396 e. The van der Waals surface area contributed by atoms with Crippen LogP contribution in [-0.2, 0) is 16.4 Å². The number of rotatable bonds is 7. The van der Waals surface area contributed by atoms with E-state index in [1.807, 2.05) is 0 Å².